The Bertz CT molecular complexity index is 210. The first-order valence-electron chi connectivity index (χ1n) is 6.12. The monoisotopic (exact) mass is 431 g/mol. The molecule has 0 aromatic rings. The summed E-state index contributed by atoms with van der Waals surface area (Å²) in [4.78, 5) is 0. The first-order chi connectivity index (χ1) is 7.33. The molecule has 2 unspecified atom stereocenters. The molecule has 3 heteroatoms. The summed E-state index contributed by atoms with van der Waals surface area (Å²) in [5, 5.41) is 16.7. The van der Waals surface area contributed by atoms with E-state index in [2.05, 4.69) is 39.8 Å². The van der Waals surface area contributed by atoms with Gasteiger partial charge in [0.1, 0.15) is 0 Å². The largest absolute Gasteiger partial charge is 0.198 e. The van der Waals surface area contributed by atoms with Crippen LogP contribution in [0.5, 0.6) is 0 Å². The summed E-state index contributed by atoms with van der Waals surface area (Å²) in [6, 6.07) is 4.39. The minimum absolute atomic E-state index is 0. The number of hydrogen-bond donors (Lipinski definition) is 0. The molecule has 0 aromatic carbocycles. The first-order valence-corrected chi connectivity index (χ1v) is 6.12. The van der Waals surface area contributed by atoms with Crippen LogP contribution in [0.2, 0.25) is 0 Å². The van der Waals surface area contributed by atoms with Crippen molar-refractivity contribution in [3.63, 3.8) is 0 Å². The van der Waals surface area contributed by atoms with Crippen molar-refractivity contribution in [3.05, 3.63) is 0 Å². The van der Waals surface area contributed by atoms with E-state index in [0.717, 1.165) is 12.8 Å². The number of rotatable bonds is 4. The smallest absolute Gasteiger partial charge is 0.0652 e. The molecular formula is C14H26BiN2. The zero-order chi connectivity index (χ0) is 13.1. The Morgan fingerprint density at radius 3 is 1.00 bits per heavy atom. The summed E-state index contributed by atoms with van der Waals surface area (Å²) in [6.45, 7) is 12.4. The fraction of sp³-hybridized carbons (Fsp3) is 0.857. The van der Waals surface area contributed by atoms with Crippen LogP contribution in [-0.4, -0.2) is 26.2 Å². The van der Waals surface area contributed by atoms with Crippen LogP contribution in [0.3, 0.4) is 0 Å². The van der Waals surface area contributed by atoms with Crippen LogP contribution >= 0.6 is 0 Å². The molecule has 17 heavy (non-hydrogen) atoms. The van der Waals surface area contributed by atoms with Gasteiger partial charge >= 0.3 is 0 Å². The third-order valence-corrected chi connectivity index (χ3v) is 2.09. The molecule has 97 valence electrons. The average Bonchev–Trinajstić information content (AvgIpc) is 2.16. The topological polar surface area (TPSA) is 47.6 Å². The van der Waals surface area contributed by atoms with Crippen LogP contribution < -0.4 is 0 Å². The molecule has 3 radical (unpaired) electrons. The van der Waals surface area contributed by atoms with E-state index >= 15 is 0 Å². The van der Waals surface area contributed by atoms with Crippen LogP contribution in [0, 0.1) is 46.3 Å². The summed E-state index contributed by atoms with van der Waals surface area (Å²) < 4.78 is 0. The Labute approximate surface area is 127 Å². The maximum atomic E-state index is 8.33. The second kappa shape index (κ2) is 13.9. The number of nitrogens with zero attached hydrogens (tertiary/aromatic N) is 2. The molecule has 0 heterocycles. The fourth-order valence-corrected chi connectivity index (χ4v) is 1.52. The molecule has 2 nitrogen and oxygen atoms in total. The quantitative estimate of drug-likeness (QED) is 0.632. The third kappa shape index (κ3) is 21.7. The fourth-order valence-electron chi connectivity index (χ4n) is 1.52. The van der Waals surface area contributed by atoms with Crippen molar-refractivity contribution in [2.45, 2.75) is 54.4 Å². The maximum absolute atomic E-state index is 8.33. The van der Waals surface area contributed by atoms with E-state index in [4.69, 9.17) is 10.5 Å². The molecule has 0 aliphatic carbocycles. The standard InChI is InChI=1S/2C7H13N.Bi/c2*1-6(2)4-7(3)5-8;/h2*6-7H,4H2,1-3H3;. The molecular weight excluding hydrogens is 405 g/mol. The molecule has 0 N–H and O–H groups in total. The van der Waals surface area contributed by atoms with Crippen LogP contribution in [0.1, 0.15) is 54.4 Å². The van der Waals surface area contributed by atoms with Crippen molar-refractivity contribution in [2.24, 2.45) is 23.7 Å². The van der Waals surface area contributed by atoms with Gasteiger partial charge in [-0.25, -0.2) is 0 Å². The molecule has 0 saturated heterocycles. The summed E-state index contributed by atoms with van der Waals surface area (Å²) >= 11 is 0. The maximum Gasteiger partial charge on any atom is 0.0652 e. The molecule has 0 aliphatic heterocycles. The third-order valence-electron chi connectivity index (χ3n) is 2.09. The van der Waals surface area contributed by atoms with Gasteiger partial charge in [-0.15, -0.1) is 0 Å². The summed E-state index contributed by atoms with van der Waals surface area (Å²) in [5.74, 6) is 1.78. The molecule has 0 amide bonds. The van der Waals surface area contributed by atoms with Gasteiger partial charge < -0.3 is 0 Å². The Morgan fingerprint density at radius 2 is 0.941 bits per heavy atom. The van der Waals surface area contributed by atoms with Gasteiger partial charge in [0, 0.05) is 38.0 Å². The Balaban J connectivity index is -0.000000218. The average molecular weight is 431 g/mol. The first kappa shape index (κ1) is 22.1. The second-order valence-corrected chi connectivity index (χ2v) is 5.32. The molecule has 0 bridgehead atoms. The van der Waals surface area contributed by atoms with E-state index in [-0.39, 0.29) is 38.0 Å². The van der Waals surface area contributed by atoms with Gasteiger partial charge in [0.25, 0.3) is 0 Å². The zero-order valence-electron chi connectivity index (χ0n) is 12.1. The van der Waals surface area contributed by atoms with Crippen LogP contribution in [0.15, 0.2) is 0 Å². The van der Waals surface area contributed by atoms with E-state index in [9.17, 15) is 0 Å². The van der Waals surface area contributed by atoms with Crippen molar-refractivity contribution in [1.82, 2.24) is 0 Å². The van der Waals surface area contributed by atoms with E-state index in [1.807, 2.05) is 13.8 Å². The molecule has 0 fully saturated rings. The number of hydrogen-bond acceptors (Lipinski definition) is 2. The summed E-state index contributed by atoms with van der Waals surface area (Å²) in [7, 11) is 0. The van der Waals surface area contributed by atoms with Crippen LogP contribution in [-0.2, 0) is 0 Å². The van der Waals surface area contributed by atoms with E-state index in [1.165, 1.54) is 0 Å². The normalized spacial score (nSPS) is 12.6. The molecule has 0 rings (SSSR count). The predicted molar refractivity (Wildman–Crippen MR) is 74.2 cm³/mol. The summed E-state index contributed by atoms with van der Waals surface area (Å²) in [6.07, 6.45) is 2.05. The van der Waals surface area contributed by atoms with Gasteiger partial charge in [-0.1, -0.05) is 27.7 Å². The molecule has 0 aliphatic rings. The second-order valence-electron chi connectivity index (χ2n) is 5.32. The zero-order valence-corrected chi connectivity index (χ0v) is 15.5. The van der Waals surface area contributed by atoms with Gasteiger partial charge in [0.05, 0.1) is 12.1 Å². The number of nitriles is 2. The van der Waals surface area contributed by atoms with Gasteiger partial charge in [-0.2, -0.15) is 10.5 Å². The van der Waals surface area contributed by atoms with Crippen LogP contribution in [0.25, 0.3) is 0 Å². The summed E-state index contributed by atoms with van der Waals surface area (Å²) in [5.41, 5.74) is 0. The Hall–Kier alpha value is -0.137. The van der Waals surface area contributed by atoms with Crippen molar-refractivity contribution in [1.29, 1.82) is 10.5 Å². The van der Waals surface area contributed by atoms with Crippen LogP contribution in [0.4, 0.5) is 0 Å². The van der Waals surface area contributed by atoms with Crippen molar-refractivity contribution < 1.29 is 0 Å². The molecule has 2 atom stereocenters. The predicted octanol–water partition coefficient (Wildman–Crippen LogP) is 4.00. The van der Waals surface area contributed by atoms with Gasteiger partial charge in [0.2, 0.25) is 0 Å². The van der Waals surface area contributed by atoms with Crippen molar-refractivity contribution >= 4 is 26.2 Å². The van der Waals surface area contributed by atoms with Crippen molar-refractivity contribution in [2.75, 3.05) is 0 Å². The molecule has 0 aromatic heterocycles. The molecule has 0 spiro atoms. The van der Waals surface area contributed by atoms with E-state index < -0.39 is 0 Å². The molecule has 0 saturated carbocycles. The van der Waals surface area contributed by atoms with E-state index in [0.29, 0.717) is 11.8 Å². The van der Waals surface area contributed by atoms with Gasteiger partial charge in [-0.05, 0) is 38.5 Å². The van der Waals surface area contributed by atoms with Gasteiger partial charge in [0.15, 0.2) is 0 Å². The Morgan fingerprint density at radius 1 is 0.706 bits per heavy atom. The minimum Gasteiger partial charge on any atom is -0.198 e. The minimum atomic E-state index is 0. The SMILES string of the molecule is CC(C)CC(C)C#N.CC(C)CC(C)C#N.[Bi]. The Kier molecular flexibility index (Phi) is 18.1. The van der Waals surface area contributed by atoms with Gasteiger partial charge in [-0.3, -0.25) is 0 Å². The van der Waals surface area contributed by atoms with E-state index in [1.54, 1.807) is 0 Å². The van der Waals surface area contributed by atoms with Crippen molar-refractivity contribution in [3.8, 4) is 12.1 Å².